The van der Waals surface area contributed by atoms with Crippen LogP contribution in [0.4, 0.5) is 5.69 Å². The molecule has 0 fully saturated rings. The van der Waals surface area contributed by atoms with E-state index in [1.807, 2.05) is 30.3 Å². The number of nitrogen functional groups attached to an aromatic ring is 1. The summed E-state index contributed by atoms with van der Waals surface area (Å²) in [6.07, 6.45) is 0.921. The van der Waals surface area contributed by atoms with Crippen molar-refractivity contribution in [2.45, 2.75) is 13.3 Å². The molecule has 0 aliphatic heterocycles. The summed E-state index contributed by atoms with van der Waals surface area (Å²) in [7, 11) is 1.62. The van der Waals surface area contributed by atoms with E-state index >= 15 is 0 Å². The van der Waals surface area contributed by atoms with Crippen LogP contribution in [-0.4, -0.2) is 7.11 Å². The molecule has 2 aromatic rings. The molecule has 0 saturated heterocycles. The van der Waals surface area contributed by atoms with Crippen LogP contribution in [0, 0.1) is 0 Å². The predicted octanol–water partition coefficient (Wildman–Crippen LogP) is 4.16. The van der Waals surface area contributed by atoms with E-state index in [1.54, 1.807) is 7.11 Å². The SMILES string of the molecule is CCc1cc(-c2ccc(Cl)c(OC)c2)ccc1N. The van der Waals surface area contributed by atoms with Crippen LogP contribution in [0.3, 0.4) is 0 Å². The summed E-state index contributed by atoms with van der Waals surface area (Å²) >= 11 is 6.02. The van der Waals surface area contributed by atoms with E-state index < -0.39 is 0 Å². The molecule has 0 atom stereocenters. The van der Waals surface area contributed by atoms with Crippen molar-refractivity contribution < 1.29 is 4.74 Å². The maximum absolute atomic E-state index is 6.02. The van der Waals surface area contributed by atoms with Crippen LogP contribution < -0.4 is 10.5 Å². The van der Waals surface area contributed by atoms with E-state index in [4.69, 9.17) is 22.1 Å². The van der Waals surface area contributed by atoms with Gasteiger partial charge in [0.2, 0.25) is 0 Å². The van der Waals surface area contributed by atoms with Gasteiger partial charge < -0.3 is 10.5 Å². The fourth-order valence-electron chi connectivity index (χ4n) is 1.93. The van der Waals surface area contributed by atoms with Gasteiger partial charge in [0.15, 0.2) is 0 Å². The Hall–Kier alpha value is -1.67. The maximum atomic E-state index is 6.02. The number of hydrogen-bond acceptors (Lipinski definition) is 2. The first-order valence-corrected chi connectivity index (χ1v) is 6.25. The highest BCUT2D eigenvalue weighted by Gasteiger charge is 2.06. The van der Waals surface area contributed by atoms with Crippen LogP contribution in [0.2, 0.25) is 5.02 Å². The van der Waals surface area contributed by atoms with Gasteiger partial charge >= 0.3 is 0 Å². The molecule has 0 radical (unpaired) electrons. The highest BCUT2D eigenvalue weighted by atomic mass is 35.5. The molecule has 0 amide bonds. The van der Waals surface area contributed by atoms with Crippen molar-refractivity contribution in [3.05, 3.63) is 47.0 Å². The lowest BCUT2D eigenvalue weighted by atomic mass is 10.0. The molecule has 2 aromatic carbocycles. The first-order valence-electron chi connectivity index (χ1n) is 5.88. The fourth-order valence-corrected chi connectivity index (χ4v) is 2.13. The van der Waals surface area contributed by atoms with Crippen molar-refractivity contribution in [2.24, 2.45) is 0 Å². The maximum Gasteiger partial charge on any atom is 0.138 e. The van der Waals surface area contributed by atoms with Gasteiger partial charge in [0, 0.05) is 5.69 Å². The summed E-state index contributed by atoms with van der Waals surface area (Å²) < 4.78 is 5.23. The average molecular weight is 262 g/mol. The number of nitrogens with two attached hydrogens (primary N) is 1. The van der Waals surface area contributed by atoms with Crippen LogP contribution in [0.25, 0.3) is 11.1 Å². The summed E-state index contributed by atoms with van der Waals surface area (Å²) in [4.78, 5) is 0. The number of hydrogen-bond donors (Lipinski definition) is 1. The summed E-state index contributed by atoms with van der Waals surface area (Å²) in [6, 6.07) is 11.8. The number of benzene rings is 2. The third-order valence-electron chi connectivity index (χ3n) is 3.01. The van der Waals surface area contributed by atoms with Crippen molar-refractivity contribution in [1.82, 2.24) is 0 Å². The average Bonchev–Trinajstić information content (AvgIpc) is 2.40. The van der Waals surface area contributed by atoms with Gasteiger partial charge in [-0.1, -0.05) is 30.7 Å². The largest absolute Gasteiger partial charge is 0.495 e. The first kappa shape index (κ1) is 12.8. The molecule has 0 aliphatic rings. The second-order valence-electron chi connectivity index (χ2n) is 4.12. The molecular weight excluding hydrogens is 246 g/mol. The van der Waals surface area contributed by atoms with E-state index in [9.17, 15) is 0 Å². The monoisotopic (exact) mass is 261 g/mol. The zero-order valence-electron chi connectivity index (χ0n) is 10.5. The molecule has 94 valence electrons. The van der Waals surface area contributed by atoms with Crippen molar-refractivity contribution in [3.8, 4) is 16.9 Å². The Morgan fingerprint density at radius 2 is 1.78 bits per heavy atom. The zero-order valence-corrected chi connectivity index (χ0v) is 11.3. The smallest absolute Gasteiger partial charge is 0.138 e. The normalized spacial score (nSPS) is 10.4. The molecule has 0 aliphatic carbocycles. The van der Waals surface area contributed by atoms with Crippen LogP contribution in [0.1, 0.15) is 12.5 Å². The highest BCUT2D eigenvalue weighted by molar-refractivity contribution is 6.32. The van der Waals surface area contributed by atoms with Gasteiger partial charge in [0.25, 0.3) is 0 Å². The Morgan fingerprint density at radius 1 is 1.11 bits per heavy atom. The van der Waals surface area contributed by atoms with Gasteiger partial charge in [-0.3, -0.25) is 0 Å². The third-order valence-corrected chi connectivity index (χ3v) is 3.32. The van der Waals surface area contributed by atoms with Crippen LogP contribution in [-0.2, 0) is 6.42 Å². The minimum atomic E-state index is 0.618. The Labute approximate surface area is 112 Å². The lowest BCUT2D eigenvalue weighted by molar-refractivity contribution is 0.415. The molecule has 0 bridgehead atoms. The number of aryl methyl sites for hydroxylation is 1. The molecule has 2 nitrogen and oxygen atoms in total. The van der Waals surface area contributed by atoms with E-state index in [-0.39, 0.29) is 0 Å². The Kier molecular flexibility index (Phi) is 3.78. The topological polar surface area (TPSA) is 35.2 Å². The summed E-state index contributed by atoms with van der Waals surface area (Å²) in [5, 5.41) is 0.618. The van der Waals surface area contributed by atoms with Crippen molar-refractivity contribution in [3.63, 3.8) is 0 Å². The summed E-state index contributed by atoms with van der Waals surface area (Å²) in [6.45, 7) is 2.10. The second kappa shape index (κ2) is 5.32. The molecule has 0 spiro atoms. The quantitative estimate of drug-likeness (QED) is 0.842. The number of rotatable bonds is 3. The Bertz CT molecular complexity index is 515. The number of halogens is 1. The molecule has 0 heterocycles. The van der Waals surface area contributed by atoms with Gasteiger partial charge in [0.1, 0.15) is 5.75 Å². The number of methoxy groups -OCH3 is 1. The minimum Gasteiger partial charge on any atom is -0.495 e. The van der Waals surface area contributed by atoms with Crippen LogP contribution in [0.15, 0.2) is 36.4 Å². The second-order valence-corrected chi connectivity index (χ2v) is 4.52. The molecule has 0 saturated carbocycles. The van der Waals surface area contributed by atoms with E-state index in [0.717, 1.165) is 28.8 Å². The standard InChI is InChI=1S/C15H16ClNO/c1-3-10-8-11(5-7-14(10)17)12-4-6-13(16)15(9-12)18-2/h4-9H,3,17H2,1-2H3. The minimum absolute atomic E-state index is 0.618. The van der Waals surface area contributed by atoms with Gasteiger partial charge in [-0.25, -0.2) is 0 Å². The third kappa shape index (κ3) is 2.44. The molecule has 2 rings (SSSR count). The molecule has 0 aromatic heterocycles. The summed E-state index contributed by atoms with van der Waals surface area (Å²) in [5.74, 6) is 0.684. The van der Waals surface area contributed by atoms with E-state index in [0.29, 0.717) is 10.8 Å². The lowest BCUT2D eigenvalue weighted by Gasteiger charge is -2.09. The Balaban J connectivity index is 2.48. The van der Waals surface area contributed by atoms with Crippen molar-refractivity contribution in [2.75, 3.05) is 12.8 Å². The predicted molar refractivity (Wildman–Crippen MR) is 77.2 cm³/mol. The fraction of sp³-hybridized carbons (Fsp3) is 0.200. The summed E-state index contributed by atoms with van der Waals surface area (Å²) in [5.41, 5.74) is 10.1. The van der Waals surface area contributed by atoms with Gasteiger partial charge in [-0.15, -0.1) is 0 Å². The van der Waals surface area contributed by atoms with Crippen molar-refractivity contribution >= 4 is 17.3 Å². The van der Waals surface area contributed by atoms with Gasteiger partial charge in [-0.2, -0.15) is 0 Å². The van der Waals surface area contributed by atoms with Crippen LogP contribution >= 0.6 is 11.6 Å². The molecule has 0 unspecified atom stereocenters. The van der Waals surface area contributed by atoms with Gasteiger partial charge in [0.05, 0.1) is 12.1 Å². The number of ether oxygens (including phenoxy) is 1. The highest BCUT2D eigenvalue weighted by Crippen LogP contribution is 2.31. The zero-order chi connectivity index (χ0) is 13.1. The van der Waals surface area contributed by atoms with Crippen LogP contribution in [0.5, 0.6) is 5.75 Å². The Morgan fingerprint density at radius 3 is 2.44 bits per heavy atom. The van der Waals surface area contributed by atoms with E-state index in [1.165, 1.54) is 0 Å². The molecular formula is C15H16ClNO. The lowest BCUT2D eigenvalue weighted by Crippen LogP contribution is -1.93. The molecule has 18 heavy (non-hydrogen) atoms. The first-order chi connectivity index (χ1) is 8.65. The van der Waals surface area contributed by atoms with Crippen molar-refractivity contribution in [1.29, 1.82) is 0 Å². The number of anilines is 1. The van der Waals surface area contributed by atoms with Gasteiger partial charge in [-0.05, 0) is 47.4 Å². The molecule has 2 N–H and O–H groups in total. The molecule has 3 heteroatoms. The van der Waals surface area contributed by atoms with E-state index in [2.05, 4.69) is 13.0 Å².